The summed E-state index contributed by atoms with van der Waals surface area (Å²) in [7, 11) is 0. The van der Waals surface area contributed by atoms with E-state index in [-0.39, 0.29) is 18.1 Å². The van der Waals surface area contributed by atoms with Crippen molar-refractivity contribution >= 4 is 17.4 Å². The molecule has 0 bridgehead atoms. The fourth-order valence-electron chi connectivity index (χ4n) is 4.36. The first kappa shape index (κ1) is 20.4. The highest BCUT2D eigenvalue weighted by Crippen LogP contribution is 2.43. The molecule has 1 aliphatic heterocycles. The van der Waals surface area contributed by atoms with Gasteiger partial charge in [-0.3, -0.25) is 14.5 Å². The summed E-state index contributed by atoms with van der Waals surface area (Å²) in [4.78, 5) is 27.6. The third-order valence-corrected chi connectivity index (χ3v) is 5.92. The molecular weight excluding hydrogens is 391 g/mol. The van der Waals surface area contributed by atoms with Crippen molar-refractivity contribution in [3.8, 4) is 0 Å². The zero-order chi connectivity index (χ0) is 21.5. The van der Waals surface area contributed by atoms with Crippen LogP contribution in [0.1, 0.15) is 55.2 Å². The van der Waals surface area contributed by atoms with Crippen molar-refractivity contribution in [3.63, 3.8) is 0 Å². The molecule has 156 valence electrons. The first-order valence-electron chi connectivity index (χ1n) is 10.1. The number of nitrogens with zero attached hydrogens (tertiary/aromatic N) is 1. The molecule has 1 heterocycles. The molecule has 1 atom stereocenters. The van der Waals surface area contributed by atoms with Gasteiger partial charge in [0.25, 0.3) is 0 Å². The van der Waals surface area contributed by atoms with Gasteiger partial charge in [-0.25, -0.2) is 0 Å². The molecule has 30 heavy (non-hydrogen) atoms. The molecule has 0 saturated heterocycles. The molecule has 2 aromatic carbocycles. The number of hydrogen-bond donors (Lipinski definition) is 0. The van der Waals surface area contributed by atoms with Crippen molar-refractivity contribution < 1.29 is 22.8 Å². The number of rotatable bonds is 3. The van der Waals surface area contributed by atoms with Gasteiger partial charge in [-0.15, -0.1) is 0 Å². The standard InChI is InChI=1S/C24H22F3NO2/c1-2-15-6-12-18(13-7-15)28-20-4-3-5-21(29)23(20)19(14-22(28)30)16-8-10-17(11-9-16)24(25,26)27/h6-13,19H,2-5,14H2,1H3. The van der Waals surface area contributed by atoms with E-state index in [0.29, 0.717) is 36.1 Å². The van der Waals surface area contributed by atoms with Gasteiger partial charge in [-0.1, -0.05) is 31.2 Å². The Morgan fingerprint density at radius 1 is 0.967 bits per heavy atom. The molecule has 0 N–H and O–H groups in total. The second kappa shape index (κ2) is 7.74. The lowest BCUT2D eigenvalue weighted by Crippen LogP contribution is -2.40. The Balaban J connectivity index is 1.77. The number of alkyl halides is 3. The van der Waals surface area contributed by atoms with Crippen molar-refractivity contribution in [1.29, 1.82) is 0 Å². The second-order valence-corrected chi connectivity index (χ2v) is 7.76. The molecule has 0 aromatic heterocycles. The molecule has 1 amide bonds. The lowest BCUT2D eigenvalue weighted by atomic mass is 9.77. The van der Waals surface area contributed by atoms with Crippen molar-refractivity contribution in [2.24, 2.45) is 0 Å². The largest absolute Gasteiger partial charge is 0.416 e. The van der Waals surface area contributed by atoms with Gasteiger partial charge >= 0.3 is 6.18 Å². The Kier molecular flexibility index (Phi) is 5.26. The molecule has 1 aliphatic carbocycles. The summed E-state index contributed by atoms with van der Waals surface area (Å²) >= 11 is 0. The van der Waals surface area contributed by atoms with Crippen molar-refractivity contribution in [3.05, 3.63) is 76.5 Å². The summed E-state index contributed by atoms with van der Waals surface area (Å²) in [5, 5.41) is 0. The summed E-state index contributed by atoms with van der Waals surface area (Å²) in [5.41, 5.74) is 2.97. The number of hydrogen-bond acceptors (Lipinski definition) is 2. The SMILES string of the molecule is CCc1ccc(N2C(=O)CC(c3ccc(C(F)(F)F)cc3)C3=C2CCCC3=O)cc1. The Morgan fingerprint density at radius 2 is 1.63 bits per heavy atom. The number of Topliss-reactive ketones (excluding diaryl/α,β-unsaturated/α-hetero) is 1. The van der Waals surface area contributed by atoms with Gasteiger partial charge in [0, 0.05) is 35.7 Å². The monoisotopic (exact) mass is 413 g/mol. The van der Waals surface area contributed by atoms with Crippen LogP contribution in [0, 0.1) is 0 Å². The summed E-state index contributed by atoms with van der Waals surface area (Å²) in [6, 6.07) is 12.5. The van der Waals surface area contributed by atoms with Gasteiger partial charge in [0.1, 0.15) is 0 Å². The summed E-state index contributed by atoms with van der Waals surface area (Å²) in [5.74, 6) is -0.671. The number of carbonyl (C=O) groups excluding carboxylic acids is 2. The Morgan fingerprint density at radius 3 is 2.23 bits per heavy atom. The predicted molar refractivity (Wildman–Crippen MR) is 108 cm³/mol. The van der Waals surface area contributed by atoms with Crippen LogP contribution < -0.4 is 4.90 Å². The van der Waals surface area contributed by atoms with Crippen LogP contribution in [-0.4, -0.2) is 11.7 Å². The first-order chi connectivity index (χ1) is 14.3. The van der Waals surface area contributed by atoms with E-state index in [2.05, 4.69) is 6.92 Å². The van der Waals surface area contributed by atoms with Crippen molar-refractivity contribution in [2.75, 3.05) is 4.90 Å². The minimum Gasteiger partial charge on any atom is -0.294 e. The third kappa shape index (κ3) is 3.66. The molecule has 3 nitrogen and oxygen atoms in total. The molecule has 0 radical (unpaired) electrons. The maximum atomic E-state index is 13.1. The Hall–Kier alpha value is -2.89. The topological polar surface area (TPSA) is 37.4 Å². The molecule has 0 saturated carbocycles. The number of ketones is 1. The average molecular weight is 413 g/mol. The Bertz CT molecular complexity index is 1000. The van der Waals surface area contributed by atoms with Crippen LogP contribution in [0.15, 0.2) is 59.8 Å². The van der Waals surface area contributed by atoms with E-state index in [9.17, 15) is 22.8 Å². The second-order valence-electron chi connectivity index (χ2n) is 7.76. The molecule has 0 spiro atoms. The van der Waals surface area contributed by atoms with Crippen LogP contribution in [0.2, 0.25) is 0 Å². The van der Waals surface area contributed by atoms with Crippen LogP contribution in [-0.2, 0) is 22.2 Å². The van der Waals surface area contributed by atoms with Crippen LogP contribution in [0.25, 0.3) is 0 Å². The molecule has 0 fully saturated rings. The lowest BCUT2D eigenvalue weighted by Gasteiger charge is -2.38. The van der Waals surface area contributed by atoms with E-state index >= 15 is 0 Å². The van der Waals surface area contributed by atoms with Crippen LogP contribution in [0.5, 0.6) is 0 Å². The number of anilines is 1. The Labute approximate surface area is 173 Å². The highest BCUT2D eigenvalue weighted by molar-refractivity contribution is 6.07. The maximum absolute atomic E-state index is 13.1. The van der Waals surface area contributed by atoms with Crippen molar-refractivity contribution in [1.82, 2.24) is 0 Å². The van der Waals surface area contributed by atoms with E-state index in [1.54, 1.807) is 4.90 Å². The normalized spacial score (nSPS) is 19.9. The highest BCUT2D eigenvalue weighted by atomic mass is 19.4. The summed E-state index contributed by atoms with van der Waals surface area (Å²) < 4.78 is 38.8. The van der Waals surface area contributed by atoms with Gasteiger partial charge in [0.15, 0.2) is 5.78 Å². The van der Waals surface area contributed by atoms with E-state index in [4.69, 9.17) is 0 Å². The van der Waals surface area contributed by atoms with Crippen molar-refractivity contribution in [2.45, 2.75) is 51.1 Å². The molecule has 1 unspecified atom stereocenters. The zero-order valence-corrected chi connectivity index (χ0v) is 16.6. The fourth-order valence-corrected chi connectivity index (χ4v) is 4.36. The number of halogens is 3. The number of benzene rings is 2. The quantitative estimate of drug-likeness (QED) is 0.638. The zero-order valence-electron chi connectivity index (χ0n) is 16.6. The predicted octanol–water partition coefficient (Wildman–Crippen LogP) is 5.80. The van der Waals surface area contributed by atoms with Gasteiger partial charge in [-0.2, -0.15) is 13.2 Å². The maximum Gasteiger partial charge on any atom is 0.416 e. The number of allylic oxidation sites excluding steroid dienone is 2. The van der Waals surface area contributed by atoms with E-state index < -0.39 is 17.7 Å². The minimum absolute atomic E-state index is 0.0242. The average Bonchev–Trinajstić information content (AvgIpc) is 2.73. The molecular formula is C24H22F3NO2. The van der Waals surface area contributed by atoms with Gasteiger partial charge in [0.2, 0.25) is 5.91 Å². The molecule has 6 heteroatoms. The van der Waals surface area contributed by atoms with Gasteiger partial charge < -0.3 is 0 Å². The number of amides is 1. The summed E-state index contributed by atoms with van der Waals surface area (Å²) in [6.45, 7) is 2.05. The minimum atomic E-state index is -4.42. The summed E-state index contributed by atoms with van der Waals surface area (Å²) in [6.07, 6.45) is -1.82. The van der Waals surface area contributed by atoms with Crippen LogP contribution in [0.3, 0.4) is 0 Å². The van der Waals surface area contributed by atoms with Crippen LogP contribution in [0.4, 0.5) is 18.9 Å². The fraction of sp³-hybridized carbons (Fsp3) is 0.333. The van der Waals surface area contributed by atoms with Gasteiger partial charge in [-0.05, 0) is 54.7 Å². The lowest BCUT2D eigenvalue weighted by molar-refractivity contribution is -0.137. The molecule has 4 rings (SSSR count). The van der Waals surface area contributed by atoms with E-state index in [1.165, 1.54) is 12.1 Å². The smallest absolute Gasteiger partial charge is 0.294 e. The van der Waals surface area contributed by atoms with Crippen LogP contribution >= 0.6 is 0 Å². The highest BCUT2D eigenvalue weighted by Gasteiger charge is 2.40. The van der Waals surface area contributed by atoms with Gasteiger partial charge in [0.05, 0.1) is 5.56 Å². The molecule has 2 aliphatic rings. The van der Waals surface area contributed by atoms with E-state index in [1.807, 2.05) is 24.3 Å². The first-order valence-corrected chi connectivity index (χ1v) is 10.1. The number of carbonyl (C=O) groups is 2. The third-order valence-electron chi connectivity index (χ3n) is 5.92. The van der Waals surface area contributed by atoms with E-state index in [0.717, 1.165) is 29.8 Å². The molecule has 2 aromatic rings. The number of aryl methyl sites for hydroxylation is 1.